The van der Waals surface area contributed by atoms with Crippen LogP contribution >= 0.6 is 0 Å². The van der Waals surface area contributed by atoms with Gasteiger partial charge in [-0.05, 0) is 32.9 Å². The Labute approximate surface area is 111 Å². The number of nitrogens with zero attached hydrogens (tertiary/aromatic N) is 2. The van der Waals surface area contributed by atoms with E-state index in [2.05, 4.69) is 22.3 Å². The van der Waals surface area contributed by atoms with Crippen LogP contribution in [0.1, 0.15) is 26.2 Å². The number of rotatable bonds is 5. The third-order valence-electron chi connectivity index (χ3n) is 3.54. The third-order valence-corrected chi connectivity index (χ3v) is 3.54. The molecule has 106 valence electrons. The number of aliphatic carboxylic acids is 1. The molecule has 0 radical (unpaired) electrons. The molecule has 19 heavy (non-hydrogen) atoms. The molecule has 7 nitrogen and oxygen atoms in total. The first-order valence-corrected chi connectivity index (χ1v) is 6.55. The predicted octanol–water partition coefficient (Wildman–Crippen LogP) is -0.184. The van der Waals surface area contributed by atoms with Gasteiger partial charge in [0.15, 0.2) is 5.71 Å². The molecule has 2 heterocycles. The van der Waals surface area contributed by atoms with Gasteiger partial charge >= 0.3 is 5.97 Å². The summed E-state index contributed by atoms with van der Waals surface area (Å²) < 4.78 is 0. The maximum atomic E-state index is 11.8. The van der Waals surface area contributed by atoms with Crippen molar-refractivity contribution in [3.8, 4) is 0 Å². The summed E-state index contributed by atoms with van der Waals surface area (Å²) in [5.41, 5.74) is -0.104. The first kappa shape index (κ1) is 13.8. The Balaban J connectivity index is 1.72. The van der Waals surface area contributed by atoms with Gasteiger partial charge in [-0.1, -0.05) is 5.16 Å². The molecule has 0 aromatic heterocycles. The van der Waals surface area contributed by atoms with E-state index >= 15 is 0 Å². The fraction of sp³-hybridized carbons (Fsp3) is 0.750. The van der Waals surface area contributed by atoms with Crippen molar-refractivity contribution in [2.24, 2.45) is 5.16 Å². The molecule has 0 aliphatic carbocycles. The van der Waals surface area contributed by atoms with Gasteiger partial charge in [-0.2, -0.15) is 0 Å². The SMILES string of the molecule is CC(CNC(=O)C1CC(C(=O)O)=NO1)N1CCCC1. The maximum Gasteiger partial charge on any atom is 0.353 e. The van der Waals surface area contributed by atoms with E-state index in [4.69, 9.17) is 9.94 Å². The van der Waals surface area contributed by atoms with Crippen molar-refractivity contribution >= 4 is 17.6 Å². The second kappa shape index (κ2) is 6.01. The molecule has 2 rings (SSSR count). The summed E-state index contributed by atoms with van der Waals surface area (Å²) in [5, 5.41) is 14.9. The van der Waals surface area contributed by atoms with Crippen molar-refractivity contribution in [1.29, 1.82) is 0 Å². The quantitative estimate of drug-likeness (QED) is 0.722. The van der Waals surface area contributed by atoms with Crippen LogP contribution in [0.4, 0.5) is 0 Å². The molecule has 1 fully saturated rings. The highest BCUT2D eigenvalue weighted by molar-refractivity contribution is 6.36. The highest BCUT2D eigenvalue weighted by atomic mass is 16.6. The topological polar surface area (TPSA) is 91.2 Å². The number of amides is 1. The van der Waals surface area contributed by atoms with E-state index in [0.29, 0.717) is 6.54 Å². The second-order valence-electron chi connectivity index (χ2n) is 4.98. The normalized spacial score (nSPS) is 24.7. The van der Waals surface area contributed by atoms with Crippen molar-refractivity contribution in [3.05, 3.63) is 0 Å². The highest BCUT2D eigenvalue weighted by Crippen LogP contribution is 2.12. The number of carbonyl (C=O) groups is 2. The van der Waals surface area contributed by atoms with Gasteiger partial charge < -0.3 is 15.3 Å². The first-order chi connectivity index (χ1) is 9.08. The average molecular weight is 269 g/mol. The Morgan fingerprint density at radius 3 is 2.79 bits per heavy atom. The van der Waals surface area contributed by atoms with Gasteiger partial charge in [0.2, 0.25) is 6.10 Å². The minimum atomic E-state index is -1.14. The number of oxime groups is 1. The van der Waals surface area contributed by atoms with Crippen molar-refractivity contribution in [1.82, 2.24) is 10.2 Å². The van der Waals surface area contributed by atoms with Gasteiger partial charge in [-0.15, -0.1) is 0 Å². The molecule has 2 aliphatic heterocycles. The zero-order valence-electron chi connectivity index (χ0n) is 11.0. The van der Waals surface area contributed by atoms with Gasteiger partial charge in [0.1, 0.15) is 0 Å². The largest absolute Gasteiger partial charge is 0.477 e. The van der Waals surface area contributed by atoms with Crippen LogP contribution in [0.3, 0.4) is 0 Å². The zero-order valence-corrected chi connectivity index (χ0v) is 11.0. The highest BCUT2D eigenvalue weighted by Gasteiger charge is 2.31. The second-order valence-corrected chi connectivity index (χ2v) is 4.98. The Bertz CT molecular complexity index is 390. The van der Waals surface area contributed by atoms with Crippen LogP contribution in [0, 0.1) is 0 Å². The first-order valence-electron chi connectivity index (χ1n) is 6.55. The van der Waals surface area contributed by atoms with Crippen LogP contribution < -0.4 is 5.32 Å². The van der Waals surface area contributed by atoms with E-state index in [0.717, 1.165) is 13.1 Å². The maximum absolute atomic E-state index is 11.8. The lowest BCUT2D eigenvalue weighted by Gasteiger charge is -2.24. The molecule has 1 saturated heterocycles. The summed E-state index contributed by atoms with van der Waals surface area (Å²) >= 11 is 0. The molecule has 1 amide bonds. The van der Waals surface area contributed by atoms with E-state index in [-0.39, 0.29) is 24.1 Å². The minimum absolute atomic E-state index is 0.0270. The fourth-order valence-electron chi connectivity index (χ4n) is 2.32. The summed E-state index contributed by atoms with van der Waals surface area (Å²) in [7, 11) is 0. The zero-order chi connectivity index (χ0) is 13.8. The Morgan fingerprint density at radius 1 is 1.53 bits per heavy atom. The molecule has 2 N–H and O–H groups in total. The van der Waals surface area contributed by atoms with Crippen LogP contribution in [0.25, 0.3) is 0 Å². The minimum Gasteiger partial charge on any atom is -0.477 e. The molecular weight excluding hydrogens is 250 g/mol. The van der Waals surface area contributed by atoms with E-state index < -0.39 is 12.1 Å². The summed E-state index contributed by atoms with van der Waals surface area (Å²) in [6.07, 6.45) is 1.63. The lowest BCUT2D eigenvalue weighted by Crippen LogP contribution is -2.44. The smallest absolute Gasteiger partial charge is 0.353 e. The van der Waals surface area contributed by atoms with Crippen LogP contribution in [-0.4, -0.2) is 59.4 Å². The van der Waals surface area contributed by atoms with E-state index in [1.807, 2.05) is 0 Å². The van der Waals surface area contributed by atoms with Gasteiger partial charge in [0.05, 0.1) is 0 Å². The van der Waals surface area contributed by atoms with Gasteiger partial charge in [-0.25, -0.2) is 4.79 Å². The molecule has 0 aromatic carbocycles. The van der Waals surface area contributed by atoms with E-state index in [1.54, 1.807) is 0 Å². The molecule has 2 atom stereocenters. The lowest BCUT2D eigenvalue weighted by atomic mass is 10.1. The fourth-order valence-corrected chi connectivity index (χ4v) is 2.32. The summed E-state index contributed by atoms with van der Waals surface area (Å²) in [4.78, 5) is 29.6. The van der Waals surface area contributed by atoms with E-state index in [9.17, 15) is 9.59 Å². The molecule has 0 aromatic rings. The Morgan fingerprint density at radius 2 is 2.21 bits per heavy atom. The summed E-state index contributed by atoms with van der Waals surface area (Å²) in [5.74, 6) is -1.44. The molecule has 0 spiro atoms. The van der Waals surface area contributed by atoms with E-state index in [1.165, 1.54) is 12.8 Å². The molecule has 2 aliphatic rings. The number of nitrogens with one attached hydrogen (secondary N) is 1. The van der Waals surface area contributed by atoms with Crippen molar-refractivity contribution in [2.45, 2.75) is 38.3 Å². The average Bonchev–Trinajstić information content (AvgIpc) is 3.05. The third kappa shape index (κ3) is 3.44. The van der Waals surface area contributed by atoms with Crippen molar-refractivity contribution < 1.29 is 19.5 Å². The summed E-state index contributed by atoms with van der Waals surface area (Å²) in [6.45, 7) is 4.76. The lowest BCUT2D eigenvalue weighted by molar-refractivity contribution is -0.131. The summed E-state index contributed by atoms with van der Waals surface area (Å²) in [6, 6.07) is 0.285. The van der Waals surface area contributed by atoms with Crippen molar-refractivity contribution in [2.75, 3.05) is 19.6 Å². The molecule has 0 bridgehead atoms. The Kier molecular flexibility index (Phi) is 4.36. The van der Waals surface area contributed by atoms with Crippen molar-refractivity contribution in [3.63, 3.8) is 0 Å². The Hall–Kier alpha value is -1.63. The molecule has 0 saturated carbocycles. The standard InChI is InChI=1S/C12H19N3O4/c1-8(15-4-2-3-5-15)7-13-11(16)10-6-9(12(17)18)14-19-10/h8,10H,2-7H2,1H3,(H,13,16)(H,17,18). The molecule has 2 unspecified atom stereocenters. The number of likely N-dealkylation sites (tertiary alicyclic amines) is 1. The van der Waals surface area contributed by atoms with Crippen LogP contribution in [0.15, 0.2) is 5.16 Å². The van der Waals surface area contributed by atoms with Crippen LogP contribution in [-0.2, 0) is 14.4 Å². The number of carboxylic acids is 1. The van der Waals surface area contributed by atoms with Gasteiger partial charge in [-0.3, -0.25) is 9.69 Å². The number of hydrogen-bond acceptors (Lipinski definition) is 5. The van der Waals surface area contributed by atoms with Crippen LogP contribution in [0.2, 0.25) is 0 Å². The van der Waals surface area contributed by atoms with Gasteiger partial charge in [0, 0.05) is 19.0 Å². The molecule has 7 heteroatoms. The van der Waals surface area contributed by atoms with Gasteiger partial charge in [0.25, 0.3) is 5.91 Å². The monoisotopic (exact) mass is 269 g/mol. The van der Waals surface area contributed by atoms with Crippen LogP contribution in [0.5, 0.6) is 0 Å². The molecular formula is C12H19N3O4. The number of hydrogen-bond donors (Lipinski definition) is 2. The number of carboxylic acid groups (broad SMARTS) is 1. The predicted molar refractivity (Wildman–Crippen MR) is 67.8 cm³/mol. The number of carbonyl (C=O) groups excluding carboxylic acids is 1.